The zero-order valence-electron chi connectivity index (χ0n) is 28.2. The van der Waals surface area contributed by atoms with E-state index in [0.29, 0.717) is 28.5 Å². The number of carbonyl (C=O) groups is 2. The average Bonchev–Trinajstić information content (AvgIpc) is 3.49. The molecule has 0 bridgehead atoms. The van der Waals surface area contributed by atoms with E-state index >= 15 is 4.39 Å². The third kappa shape index (κ3) is 9.41. The monoisotopic (exact) mass is 796 g/mol. The number of hydrogen-bond donors (Lipinski definition) is 4. The topological polar surface area (TPSA) is 206 Å². The third-order valence-electron chi connectivity index (χ3n) is 8.32. The Labute approximate surface area is 313 Å². The molecule has 4 rings (SSSR count). The molecule has 4 aromatic rings. The number of primary sulfonamides is 1. The van der Waals surface area contributed by atoms with Crippen LogP contribution in [0.1, 0.15) is 60.3 Å². The van der Waals surface area contributed by atoms with Crippen LogP contribution in [0, 0.1) is 17.6 Å². The lowest BCUT2D eigenvalue weighted by atomic mass is 9.81. The first-order valence-electron chi connectivity index (χ1n) is 15.5. The number of carboxylic acid groups (broad SMARTS) is 1. The summed E-state index contributed by atoms with van der Waals surface area (Å²) in [5.41, 5.74) is 11.3. The van der Waals surface area contributed by atoms with Crippen LogP contribution < -0.4 is 21.3 Å². The van der Waals surface area contributed by atoms with E-state index in [9.17, 15) is 27.5 Å². The van der Waals surface area contributed by atoms with Gasteiger partial charge in [0.2, 0.25) is 10.0 Å². The lowest BCUT2D eigenvalue weighted by Crippen LogP contribution is -2.23. The molecule has 12 nitrogen and oxygen atoms in total. The lowest BCUT2D eigenvalue weighted by molar-refractivity contribution is -0.141. The Bertz CT molecular complexity index is 2120. The Morgan fingerprint density at radius 1 is 1.08 bits per heavy atom. The molecule has 0 aliphatic rings. The Hall–Kier alpha value is -4.22. The normalized spacial score (nSPS) is 12.4. The molecule has 0 amide bonds. The number of carboxylic acids is 1. The zero-order valence-corrected chi connectivity index (χ0v) is 31.3. The molecule has 0 saturated carbocycles. The van der Waals surface area contributed by atoms with Crippen LogP contribution >= 0.6 is 35.0 Å². The van der Waals surface area contributed by atoms with Crippen molar-refractivity contribution in [1.29, 1.82) is 0 Å². The van der Waals surface area contributed by atoms with Crippen molar-refractivity contribution in [1.82, 2.24) is 9.55 Å². The van der Waals surface area contributed by atoms with Crippen molar-refractivity contribution in [3.05, 3.63) is 98.8 Å². The van der Waals surface area contributed by atoms with Crippen LogP contribution in [0.3, 0.4) is 0 Å². The number of aliphatic imine (C=N–C) groups is 1. The highest BCUT2D eigenvalue weighted by Gasteiger charge is 2.31. The number of halogens is 4. The second-order valence-electron chi connectivity index (χ2n) is 12.2. The first-order valence-corrected chi connectivity index (χ1v) is 18.8. The molecule has 0 radical (unpaired) electrons. The molecule has 3 aromatic carbocycles. The van der Waals surface area contributed by atoms with Crippen molar-refractivity contribution in [3.63, 3.8) is 0 Å². The fraction of sp³-hybridized carbons (Fsp3) is 0.294. The van der Waals surface area contributed by atoms with E-state index in [-0.39, 0.29) is 62.9 Å². The molecule has 0 spiro atoms. The Kier molecular flexibility index (Phi) is 13.0. The maximum absolute atomic E-state index is 15.6. The molecular formula is C34H36Cl2F2N6O6S2. The standard InChI is InChI=1S/C34H36Cl2F2N6O6S2/c1-34(2,20-6-9-29(24(36)14-20)52(41,48)49)30-16-43-33(44(30)21-7-8-25(37)28(15-21)50-3)51-17-22-23(35)11-19(12-26(22)38)27(45)13-18(31(46)47)5-4-10-42-32(39)40/h6-9,11-12,14-16,18H,4-5,10,13,17H2,1-3H3,(H,46,47)(H4,39,40,42)(H2,41,48,49). The van der Waals surface area contributed by atoms with Crippen molar-refractivity contribution in [2.75, 3.05) is 13.7 Å². The van der Waals surface area contributed by atoms with Gasteiger partial charge in [-0.1, -0.05) is 54.9 Å². The Morgan fingerprint density at radius 3 is 2.38 bits per heavy atom. The molecule has 1 atom stereocenters. The molecule has 7 N–H and O–H groups in total. The number of nitrogens with zero attached hydrogens (tertiary/aromatic N) is 3. The van der Waals surface area contributed by atoms with E-state index in [4.69, 9.17) is 44.5 Å². The van der Waals surface area contributed by atoms with Crippen LogP contribution in [-0.2, 0) is 26.0 Å². The first kappa shape index (κ1) is 40.5. The summed E-state index contributed by atoms with van der Waals surface area (Å²) < 4.78 is 61.0. The number of hydrogen-bond acceptors (Lipinski definition) is 8. The van der Waals surface area contributed by atoms with Crippen LogP contribution in [0.25, 0.3) is 5.69 Å². The predicted molar refractivity (Wildman–Crippen MR) is 196 cm³/mol. The van der Waals surface area contributed by atoms with Crippen molar-refractivity contribution in [2.24, 2.45) is 27.5 Å². The van der Waals surface area contributed by atoms with Gasteiger partial charge < -0.3 is 21.3 Å². The number of thioether (sulfide) groups is 1. The second-order valence-corrected chi connectivity index (χ2v) is 15.5. The zero-order chi connectivity index (χ0) is 38.5. The van der Waals surface area contributed by atoms with E-state index in [2.05, 4.69) is 9.98 Å². The number of methoxy groups -OCH3 is 1. The van der Waals surface area contributed by atoms with Crippen LogP contribution in [0.15, 0.2) is 69.8 Å². The van der Waals surface area contributed by atoms with Crippen molar-refractivity contribution < 1.29 is 36.6 Å². The molecule has 1 heterocycles. The fourth-order valence-corrected chi connectivity index (χ4v) is 7.89. The van der Waals surface area contributed by atoms with Gasteiger partial charge in [0.25, 0.3) is 0 Å². The number of carbonyl (C=O) groups excluding carboxylic acids is 1. The minimum Gasteiger partial charge on any atom is -0.494 e. The van der Waals surface area contributed by atoms with E-state index in [1.54, 1.807) is 16.8 Å². The number of guanidine groups is 1. The fourth-order valence-electron chi connectivity index (χ4n) is 5.42. The summed E-state index contributed by atoms with van der Waals surface area (Å²) in [6.07, 6.45) is 1.65. The van der Waals surface area contributed by atoms with Crippen molar-refractivity contribution >= 4 is 62.7 Å². The first-order chi connectivity index (χ1) is 24.3. The highest BCUT2D eigenvalue weighted by molar-refractivity contribution is 7.98. The van der Waals surface area contributed by atoms with E-state index in [0.717, 1.165) is 17.8 Å². The van der Waals surface area contributed by atoms with Gasteiger partial charge in [-0.2, -0.15) is 0 Å². The van der Waals surface area contributed by atoms with Gasteiger partial charge in [0.05, 0.1) is 35.6 Å². The highest BCUT2D eigenvalue weighted by Crippen LogP contribution is 2.40. The molecule has 0 aliphatic carbocycles. The third-order valence-corrected chi connectivity index (χ3v) is 11.0. The van der Waals surface area contributed by atoms with Crippen LogP contribution in [0.4, 0.5) is 8.78 Å². The lowest BCUT2D eigenvalue weighted by Gasteiger charge is -2.28. The average molecular weight is 798 g/mol. The van der Waals surface area contributed by atoms with E-state index in [1.165, 1.54) is 43.5 Å². The maximum atomic E-state index is 15.6. The summed E-state index contributed by atoms with van der Waals surface area (Å²) >= 11 is 13.9. The second kappa shape index (κ2) is 16.6. The van der Waals surface area contributed by atoms with Gasteiger partial charge in [-0.25, -0.2) is 27.3 Å². The van der Waals surface area contributed by atoms with Crippen LogP contribution in [-0.4, -0.2) is 54.4 Å². The minimum absolute atomic E-state index is 0.0419. The molecule has 0 aliphatic heterocycles. The number of rotatable bonds is 16. The highest BCUT2D eigenvalue weighted by atomic mass is 35.5. The summed E-state index contributed by atoms with van der Waals surface area (Å²) in [5, 5.41) is 15.1. The van der Waals surface area contributed by atoms with Crippen molar-refractivity contribution in [2.45, 2.75) is 54.3 Å². The number of benzene rings is 3. The van der Waals surface area contributed by atoms with Crippen LogP contribution in [0.5, 0.6) is 5.75 Å². The molecule has 52 heavy (non-hydrogen) atoms. The number of Topliss-reactive ketones (excluding diaryl/α,β-unsaturated/α-hetero) is 1. The van der Waals surface area contributed by atoms with Crippen molar-refractivity contribution in [3.8, 4) is 11.4 Å². The SMILES string of the molecule is COc1cc(-n2c(C(C)(C)c3ccc(S(N)(=O)=O)c(Cl)c3)cnc2SCc2c(F)cc(C(=O)CC(CCCN=C(N)N)C(=O)O)cc2Cl)ccc1F. The minimum atomic E-state index is -4.08. The molecule has 1 aromatic heterocycles. The molecule has 0 saturated heterocycles. The van der Waals surface area contributed by atoms with Gasteiger partial charge in [-0.15, -0.1) is 0 Å². The summed E-state index contributed by atoms with van der Waals surface area (Å²) in [4.78, 5) is 33.0. The smallest absolute Gasteiger partial charge is 0.306 e. The summed E-state index contributed by atoms with van der Waals surface area (Å²) in [7, 11) is -2.76. The molecule has 278 valence electrons. The Morgan fingerprint density at radius 2 is 1.79 bits per heavy atom. The summed E-state index contributed by atoms with van der Waals surface area (Å²) in [6, 6.07) is 10.9. The summed E-state index contributed by atoms with van der Waals surface area (Å²) in [6.45, 7) is 3.90. The predicted octanol–water partition coefficient (Wildman–Crippen LogP) is 6.06. The van der Waals surface area contributed by atoms with E-state index < -0.39 is 44.7 Å². The number of sulfonamides is 1. The van der Waals surface area contributed by atoms with Gasteiger partial charge in [0.15, 0.2) is 28.5 Å². The van der Waals surface area contributed by atoms with Gasteiger partial charge in [-0.05, 0) is 54.8 Å². The van der Waals surface area contributed by atoms with Crippen LogP contribution in [0.2, 0.25) is 10.0 Å². The quantitative estimate of drug-likeness (QED) is 0.0339. The van der Waals surface area contributed by atoms with Gasteiger partial charge in [0.1, 0.15) is 10.7 Å². The Balaban J connectivity index is 1.66. The number of aromatic nitrogens is 2. The molecule has 0 fully saturated rings. The van der Waals surface area contributed by atoms with Gasteiger partial charge in [-0.3, -0.25) is 19.1 Å². The number of ketones is 1. The summed E-state index contributed by atoms with van der Waals surface area (Å²) in [5.74, 6) is -4.42. The molecule has 18 heteroatoms. The number of ether oxygens (including phenoxy) is 1. The number of imidazole rings is 1. The number of aliphatic carboxylic acids is 1. The maximum Gasteiger partial charge on any atom is 0.306 e. The largest absolute Gasteiger partial charge is 0.494 e. The molecule has 1 unspecified atom stereocenters. The number of nitrogens with two attached hydrogens (primary N) is 3. The van der Waals surface area contributed by atoms with Gasteiger partial charge >= 0.3 is 5.97 Å². The van der Waals surface area contributed by atoms with E-state index in [1.807, 2.05) is 13.8 Å². The molecular weight excluding hydrogens is 761 g/mol. The van der Waals surface area contributed by atoms with Gasteiger partial charge in [0, 0.05) is 46.3 Å².